The molecule has 0 saturated carbocycles. The Balaban J connectivity index is 1.69. The van der Waals surface area contributed by atoms with Gasteiger partial charge >= 0.3 is 5.97 Å². The van der Waals surface area contributed by atoms with Crippen LogP contribution in [0.1, 0.15) is 21.5 Å². The molecular formula is C22H17BrN2O3. The average molecular weight is 437 g/mol. The topological polar surface area (TPSA) is 67.4 Å². The van der Waals surface area contributed by atoms with Crippen LogP contribution in [0.4, 0.5) is 5.69 Å². The molecule has 0 saturated heterocycles. The first kappa shape index (κ1) is 18.3. The van der Waals surface area contributed by atoms with Gasteiger partial charge in [-0.25, -0.2) is 4.79 Å². The van der Waals surface area contributed by atoms with Crippen molar-refractivity contribution in [2.24, 2.45) is 0 Å². The molecule has 1 aliphatic rings. The lowest BCUT2D eigenvalue weighted by molar-refractivity contribution is -0.137. The number of benzene rings is 3. The number of halogens is 1. The third kappa shape index (κ3) is 3.39. The summed E-state index contributed by atoms with van der Waals surface area (Å²) in [6.45, 7) is 0.323. The van der Waals surface area contributed by atoms with E-state index in [0.29, 0.717) is 23.4 Å². The van der Waals surface area contributed by atoms with Crippen LogP contribution >= 0.6 is 15.9 Å². The fraction of sp³-hybridized carbons (Fsp3) is 0.0909. The lowest BCUT2D eigenvalue weighted by atomic mass is 9.98. The molecule has 0 aliphatic carbocycles. The Morgan fingerprint density at radius 3 is 2.36 bits per heavy atom. The molecule has 4 rings (SSSR count). The summed E-state index contributed by atoms with van der Waals surface area (Å²) in [6, 6.07) is 23.8. The molecule has 2 N–H and O–H groups in total. The highest BCUT2D eigenvalue weighted by Crippen LogP contribution is 2.38. The second kappa shape index (κ2) is 7.48. The number of carbonyl (C=O) groups is 2. The third-order valence-electron chi connectivity index (χ3n) is 4.55. The predicted octanol–water partition coefficient (Wildman–Crippen LogP) is 4.20. The number of esters is 1. The van der Waals surface area contributed by atoms with E-state index in [1.54, 1.807) is 24.3 Å². The standard InChI is InChI=1S/C22H17BrN2O3/c23-16-10-12-17(13-11-16)25-22(19-9-5-4-8-18(19)20(26)28-22)21(27)24-14-15-6-2-1-3-7-15/h1-13,25H,14H2,(H,24,27). The van der Waals surface area contributed by atoms with Gasteiger partial charge in [-0.1, -0.05) is 64.5 Å². The van der Waals surface area contributed by atoms with Crippen molar-refractivity contribution >= 4 is 33.5 Å². The highest BCUT2D eigenvalue weighted by Gasteiger charge is 2.52. The zero-order valence-electron chi connectivity index (χ0n) is 14.8. The molecule has 6 heteroatoms. The normalized spacial score (nSPS) is 17.5. The summed E-state index contributed by atoms with van der Waals surface area (Å²) in [5.41, 5.74) is 0.848. The van der Waals surface area contributed by atoms with E-state index in [4.69, 9.17) is 4.74 Å². The van der Waals surface area contributed by atoms with Crippen LogP contribution in [0.15, 0.2) is 83.3 Å². The Morgan fingerprint density at radius 2 is 1.61 bits per heavy atom. The van der Waals surface area contributed by atoms with Crippen molar-refractivity contribution in [3.05, 3.63) is 100 Å². The number of rotatable bonds is 5. The summed E-state index contributed by atoms with van der Waals surface area (Å²) in [5.74, 6) is -0.965. The Morgan fingerprint density at radius 1 is 0.929 bits per heavy atom. The van der Waals surface area contributed by atoms with Crippen molar-refractivity contribution in [1.29, 1.82) is 0 Å². The molecule has 3 aromatic carbocycles. The second-order valence-corrected chi connectivity index (χ2v) is 7.33. The van der Waals surface area contributed by atoms with Gasteiger partial charge in [-0.2, -0.15) is 0 Å². The van der Waals surface area contributed by atoms with E-state index in [1.807, 2.05) is 54.6 Å². The molecule has 5 nitrogen and oxygen atoms in total. The fourth-order valence-corrected chi connectivity index (χ4v) is 3.44. The molecule has 0 bridgehead atoms. The quantitative estimate of drug-likeness (QED) is 0.588. The molecule has 1 aliphatic heterocycles. The highest BCUT2D eigenvalue weighted by molar-refractivity contribution is 9.10. The van der Waals surface area contributed by atoms with Gasteiger partial charge in [0, 0.05) is 22.3 Å². The minimum absolute atomic E-state index is 0.323. The van der Waals surface area contributed by atoms with E-state index in [2.05, 4.69) is 26.6 Å². The van der Waals surface area contributed by atoms with Crippen LogP contribution in [-0.4, -0.2) is 11.9 Å². The number of cyclic esters (lactones) is 1. The van der Waals surface area contributed by atoms with Crippen molar-refractivity contribution in [3.63, 3.8) is 0 Å². The molecule has 0 fully saturated rings. The zero-order valence-corrected chi connectivity index (χ0v) is 16.4. The average Bonchev–Trinajstić information content (AvgIpc) is 3.02. The van der Waals surface area contributed by atoms with Gasteiger partial charge in [0.1, 0.15) is 0 Å². The van der Waals surface area contributed by atoms with E-state index in [0.717, 1.165) is 10.0 Å². The highest BCUT2D eigenvalue weighted by atomic mass is 79.9. The summed E-state index contributed by atoms with van der Waals surface area (Å²) in [4.78, 5) is 25.7. The largest absolute Gasteiger partial charge is 0.421 e. The molecule has 140 valence electrons. The maximum absolute atomic E-state index is 13.3. The first-order valence-corrected chi connectivity index (χ1v) is 9.56. The van der Waals surface area contributed by atoms with Gasteiger partial charge in [-0.15, -0.1) is 0 Å². The smallest absolute Gasteiger partial charge is 0.341 e. The van der Waals surface area contributed by atoms with Gasteiger partial charge in [-0.3, -0.25) is 4.79 Å². The van der Waals surface area contributed by atoms with Gasteiger partial charge in [0.05, 0.1) is 5.56 Å². The minimum Gasteiger partial charge on any atom is -0.421 e. The molecular weight excluding hydrogens is 420 g/mol. The van der Waals surface area contributed by atoms with Crippen LogP contribution in [0.2, 0.25) is 0 Å². The zero-order chi connectivity index (χ0) is 19.6. The molecule has 1 unspecified atom stereocenters. The van der Waals surface area contributed by atoms with Crippen molar-refractivity contribution in [3.8, 4) is 0 Å². The summed E-state index contributed by atoms with van der Waals surface area (Å²) in [7, 11) is 0. The molecule has 1 amide bonds. The van der Waals surface area contributed by atoms with Crippen molar-refractivity contribution in [1.82, 2.24) is 5.32 Å². The van der Waals surface area contributed by atoms with Gasteiger partial charge in [0.15, 0.2) is 0 Å². The molecule has 0 radical (unpaired) electrons. The summed E-state index contributed by atoms with van der Waals surface area (Å²) < 4.78 is 6.54. The SMILES string of the molecule is O=C1OC(Nc2ccc(Br)cc2)(C(=O)NCc2ccccc2)c2ccccc21. The first-order valence-electron chi connectivity index (χ1n) is 8.77. The van der Waals surface area contributed by atoms with E-state index in [-0.39, 0.29) is 0 Å². The summed E-state index contributed by atoms with van der Waals surface area (Å²) in [6.07, 6.45) is 0. The maximum atomic E-state index is 13.3. The Hall–Kier alpha value is -3.12. The van der Waals surface area contributed by atoms with E-state index in [9.17, 15) is 9.59 Å². The van der Waals surface area contributed by atoms with Gasteiger partial charge in [0.2, 0.25) is 0 Å². The number of hydrogen-bond acceptors (Lipinski definition) is 4. The van der Waals surface area contributed by atoms with Crippen LogP contribution in [0, 0.1) is 0 Å². The number of ether oxygens (including phenoxy) is 1. The van der Waals surface area contributed by atoms with Crippen LogP contribution in [0.5, 0.6) is 0 Å². The van der Waals surface area contributed by atoms with Crippen LogP contribution in [0.3, 0.4) is 0 Å². The molecule has 3 aromatic rings. The predicted molar refractivity (Wildman–Crippen MR) is 110 cm³/mol. The van der Waals surface area contributed by atoms with E-state index >= 15 is 0 Å². The van der Waals surface area contributed by atoms with E-state index < -0.39 is 17.6 Å². The van der Waals surface area contributed by atoms with Crippen molar-refractivity contribution in [2.45, 2.75) is 12.3 Å². The number of amides is 1. The van der Waals surface area contributed by atoms with Crippen LogP contribution in [-0.2, 0) is 21.8 Å². The Kier molecular flexibility index (Phi) is 4.88. The lowest BCUT2D eigenvalue weighted by Crippen LogP contribution is -2.50. The van der Waals surface area contributed by atoms with Gasteiger partial charge in [0.25, 0.3) is 11.6 Å². The number of fused-ring (bicyclic) bond motifs is 1. The molecule has 1 atom stereocenters. The Bertz CT molecular complexity index is 1020. The molecule has 0 aromatic heterocycles. The van der Waals surface area contributed by atoms with Crippen molar-refractivity contribution in [2.75, 3.05) is 5.32 Å². The number of carbonyl (C=O) groups excluding carboxylic acids is 2. The van der Waals surface area contributed by atoms with Gasteiger partial charge < -0.3 is 15.4 Å². The summed E-state index contributed by atoms with van der Waals surface area (Å²) >= 11 is 3.39. The maximum Gasteiger partial charge on any atom is 0.341 e. The fourth-order valence-electron chi connectivity index (χ4n) is 3.17. The second-order valence-electron chi connectivity index (χ2n) is 6.42. The van der Waals surface area contributed by atoms with E-state index in [1.165, 1.54) is 0 Å². The monoisotopic (exact) mass is 436 g/mol. The minimum atomic E-state index is -1.63. The van der Waals surface area contributed by atoms with Crippen LogP contribution < -0.4 is 10.6 Å². The number of nitrogens with one attached hydrogen (secondary N) is 2. The number of hydrogen-bond donors (Lipinski definition) is 2. The van der Waals surface area contributed by atoms with Crippen LogP contribution in [0.25, 0.3) is 0 Å². The molecule has 28 heavy (non-hydrogen) atoms. The first-order chi connectivity index (χ1) is 13.6. The van der Waals surface area contributed by atoms with Gasteiger partial charge in [-0.05, 0) is 35.9 Å². The molecule has 0 spiro atoms. The Labute approximate surface area is 170 Å². The van der Waals surface area contributed by atoms with Crippen molar-refractivity contribution < 1.29 is 14.3 Å². The molecule has 1 heterocycles. The summed E-state index contributed by atoms with van der Waals surface area (Å²) in [5, 5.41) is 6.02. The number of anilines is 1. The lowest BCUT2D eigenvalue weighted by Gasteiger charge is -2.29. The third-order valence-corrected chi connectivity index (χ3v) is 5.08.